The fourth-order valence-corrected chi connectivity index (χ4v) is 2.67. The van der Waals surface area contributed by atoms with Crippen LogP contribution in [0.15, 0.2) is 18.2 Å². The van der Waals surface area contributed by atoms with Gasteiger partial charge in [-0.15, -0.1) is 12.4 Å². The maximum absolute atomic E-state index is 13.8. The highest BCUT2D eigenvalue weighted by Crippen LogP contribution is 2.22. The zero-order valence-corrected chi connectivity index (χ0v) is 12.5. The van der Waals surface area contributed by atoms with Crippen molar-refractivity contribution in [2.24, 2.45) is 11.7 Å². The molecule has 112 valence electrons. The normalized spacial score (nSPS) is 21.9. The van der Waals surface area contributed by atoms with Crippen LogP contribution in [-0.2, 0) is 0 Å². The molecule has 1 aliphatic rings. The molecule has 1 aliphatic carbocycles. The third-order valence-electron chi connectivity index (χ3n) is 3.81. The van der Waals surface area contributed by atoms with Gasteiger partial charge in [0, 0.05) is 12.6 Å². The van der Waals surface area contributed by atoms with E-state index < -0.39 is 5.82 Å². The largest absolute Gasteiger partial charge is 0.352 e. The van der Waals surface area contributed by atoms with Crippen LogP contribution in [0, 0.1) is 18.7 Å². The Balaban J connectivity index is 0.00000200. The van der Waals surface area contributed by atoms with Crippen molar-refractivity contribution in [2.45, 2.75) is 38.6 Å². The van der Waals surface area contributed by atoms with E-state index in [1.807, 2.05) is 0 Å². The van der Waals surface area contributed by atoms with Gasteiger partial charge in [-0.1, -0.05) is 18.6 Å². The zero-order valence-electron chi connectivity index (χ0n) is 11.7. The van der Waals surface area contributed by atoms with E-state index >= 15 is 0 Å². The highest BCUT2D eigenvalue weighted by Gasteiger charge is 2.20. The first-order valence-corrected chi connectivity index (χ1v) is 6.87. The summed E-state index contributed by atoms with van der Waals surface area (Å²) in [5.74, 6) is -0.346. The molecule has 5 heteroatoms. The average molecular weight is 301 g/mol. The molecule has 0 bridgehead atoms. The molecule has 3 nitrogen and oxygen atoms in total. The van der Waals surface area contributed by atoms with Gasteiger partial charge in [0.05, 0.1) is 5.56 Å². The van der Waals surface area contributed by atoms with Crippen molar-refractivity contribution in [3.05, 3.63) is 35.1 Å². The molecule has 0 heterocycles. The van der Waals surface area contributed by atoms with Crippen LogP contribution in [0.25, 0.3) is 0 Å². The average Bonchev–Trinajstić information content (AvgIpc) is 2.39. The molecule has 1 aromatic carbocycles. The fourth-order valence-electron chi connectivity index (χ4n) is 2.67. The summed E-state index contributed by atoms with van der Waals surface area (Å²) >= 11 is 0. The van der Waals surface area contributed by atoms with Crippen LogP contribution in [0.2, 0.25) is 0 Å². The summed E-state index contributed by atoms with van der Waals surface area (Å²) in [6.45, 7) is 2.24. The van der Waals surface area contributed by atoms with Crippen LogP contribution in [-0.4, -0.2) is 18.5 Å². The summed E-state index contributed by atoms with van der Waals surface area (Å²) < 4.78 is 13.8. The van der Waals surface area contributed by atoms with E-state index in [4.69, 9.17) is 5.73 Å². The Kier molecular flexibility index (Phi) is 6.43. The molecular formula is C15H22ClFN2O. The molecule has 1 fully saturated rings. The first kappa shape index (κ1) is 16.9. The van der Waals surface area contributed by atoms with Crippen molar-refractivity contribution in [3.63, 3.8) is 0 Å². The first-order valence-electron chi connectivity index (χ1n) is 6.87. The van der Waals surface area contributed by atoms with Crippen LogP contribution in [0.4, 0.5) is 4.39 Å². The third kappa shape index (κ3) is 4.18. The second kappa shape index (κ2) is 7.60. The molecule has 1 amide bonds. The van der Waals surface area contributed by atoms with Crippen molar-refractivity contribution in [1.29, 1.82) is 0 Å². The molecule has 2 atom stereocenters. The molecule has 3 N–H and O–H groups in total. The molecule has 0 aromatic heterocycles. The van der Waals surface area contributed by atoms with Crippen molar-refractivity contribution in [2.75, 3.05) is 6.54 Å². The SMILES string of the molecule is Cc1cccc(C(=O)NCC2CCCC(N)C2)c1F.Cl. The number of hydrogen-bond acceptors (Lipinski definition) is 2. The monoisotopic (exact) mass is 300 g/mol. The Morgan fingerprint density at radius 3 is 2.90 bits per heavy atom. The van der Waals surface area contributed by atoms with Gasteiger partial charge in [-0.3, -0.25) is 4.79 Å². The predicted octanol–water partition coefficient (Wildman–Crippen LogP) is 2.80. The minimum absolute atomic E-state index is 0. The lowest BCUT2D eigenvalue weighted by Gasteiger charge is -2.26. The Morgan fingerprint density at radius 1 is 1.45 bits per heavy atom. The summed E-state index contributed by atoms with van der Waals surface area (Å²) in [7, 11) is 0. The summed E-state index contributed by atoms with van der Waals surface area (Å²) in [5, 5.41) is 2.82. The van der Waals surface area contributed by atoms with E-state index in [2.05, 4.69) is 5.32 Å². The van der Waals surface area contributed by atoms with Gasteiger partial charge in [-0.25, -0.2) is 4.39 Å². The first-order chi connectivity index (χ1) is 9.08. The van der Waals surface area contributed by atoms with Gasteiger partial charge in [0.1, 0.15) is 5.82 Å². The number of halogens is 2. The Bertz CT molecular complexity index is 467. The molecule has 2 unspecified atom stereocenters. The summed E-state index contributed by atoms with van der Waals surface area (Å²) in [6, 6.07) is 5.12. The van der Waals surface area contributed by atoms with E-state index in [-0.39, 0.29) is 29.9 Å². The number of hydrogen-bond donors (Lipinski definition) is 2. The van der Waals surface area contributed by atoms with Gasteiger partial charge in [0.2, 0.25) is 0 Å². The zero-order chi connectivity index (χ0) is 13.8. The van der Waals surface area contributed by atoms with Crippen LogP contribution < -0.4 is 11.1 Å². The third-order valence-corrected chi connectivity index (χ3v) is 3.81. The number of rotatable bonds is 3. The second-order valence-electron chi connectivity index (χ2n) is 5.44. The lowest BCUT2D eigenvalue weighted by atomic mass is 9.86. The number of nitrogens with one attached hydrogen (secondary N) is 1. The number of nitrogens with two attached hydrogens (primary N) is 1. The number of amides is 1. The minimum Gasteiger partial charge on any atom is -0.352 e. The Hall–Kier alpha value is -1.13. The van der Waals surface area contributed by atoms with Crippen molar-refractivity contribution >= 4 is 18.3 Å². The number of carbonyl (C=O) groups excluding carboxylic acids is 1. The fraction of sp³-hybridized carbons (Fsp3) is 0.533. The molecule has 0 saturated heterocycles. The van der Waals surface area contributed by atoms with E-state index in [1.54, 1.807) is 19.1 Å². The summed E-state index contributed by atoms with van der Waals surface area (Å²) in [6.07, 6.45) is 4.21. The second-order valence-corrected chi connectivity index (χ2v) is 5.44. The molecule has 1 aromatic rings. The van der Waals surface area contributed by atoms with Gasteiger partial charge in [0.25, 0.3) is 5.91 Å². The molecular weight excluding hydrogens is 279 g/mol. The number of benzene rings is 1. The molecule has 20 heavy (non-hydrogen) atoms. The molecule has 1 saturated carbocycles. The lowest BCUT2D eigenvalue weighted by Crippen LogP contribution is -2.35. The molecule has 0 aliphatic heterocycles. The van der Waals surface area contributed by atoms with E-state index in [0.29, 0.717) is 18.0 Å². The van der Waals surface area contributed by atoms with Gasteiger partial charge in [-0.05, 0) is 43.7 Å². The number of aryl methyl sites for hydroxylation is 1. The van der Waals surface area contributed by atoms with E-state index in [0.717, 1.165) is 25.7 Å². The Labute approximate surface area is 125 Å². The number of carbonyl (C=O) groups is 1. The van der Waals surface area contributed by atoms with Gasteiger partial charge >= 0.3 is 0 Å². The van der Waals surface area contributed by atoms with E-state index in [9.17, 15) is 9.18 Å². The van der Waals surface area contributed by atoms with Crippen LogP contribution >= 0.6 is 12.4 Å². The quantitative estimate of drug-likeness (QED) is 0.902. The lowest BCUT2D eigenvalue weighted by molar-refractivity contribution is 0.0938. The van der Waals surface area contributed by atoms with Crippen LogP contribution in [0.1, 0.15) is 41.6 Å². The highest BCUT2D eigenvalue weighted by molar-refractivity contribution is 5.94. The minimum atomic E-state index is -0.430. The maximum Gasteiger partial charge on any atom is 0.254 e. The molecule has 0 spiro atoms. The maximum atomic E-state index is 13.8. The van der Waals surface area contributed by atoms with Gasteiger partial charge in [-0.2, -0.15) is 0 Å². The molecule has 0 radical (unpaired) electrons. The van der Waals surface area contributed by atoms with E-state index in [1.165, 1.54) is 6.07 Å². The van der Waals surface area contributed by atoms with Crippen molar-refractivity contribution in [3.8, 4) is 0 Å². The predicted molar refractivity (Wildman–Crippen MR) is 80.7 cm³/mol. The van der Waals surface area contributed by atoms with Crippen molar-refractivity contribution in [1.82, 2.24) is 5.32 Å². The van der Waals surface area contributed by atoms with Gasteiger partial charge < -0.3 is 11.1 Å². The molecule has 2 rings (SSSR count). The summed E-state index contributed by atoms with van der Waals surface area (Å²) in [4.78, 5) is 12.0. The smallest absolute Gasteiger partial charge is 0.254 e. The standard InChI is InChI=1S/C15H21FN2O.ClH/c1-10-4-2-7-13(14(10)16)15(19)18-9-11-5-3-6-12(17)8-11;/h2,4,7,11-12H,3,5-6,8-9,17H2,1H3,(H,18,19);1H. The highest BCUT2D eigenvalue weighted by atomic mass is 35.5. The topological polar surface area (TPSA) is 55.1 Å². The summed E-state index contributed by atoms with van der Waals surface area (Å²) in [5.41, 5.74) is 6.53. The Morgan fingerprint density at radius 2 is 2.20 bits per heavy atom. The van der Waals surface area contributed by atoms with Gasteiger partial charge in [0.15, 0.2) is 0 Å². The van der Waals surface area contributed by atoms with Crippen LogP contribution in [0.3, 0.4) is 0 Å². The van der Waals surface area contributed by atoms with Crippen LogP contribution in [0.5, 0.6) is 0 Å². The van der Waals surface area contributed by atoms with Crippen molar-refractivity contribution < 1.29 is 9.18 Å².